The second-order valence-electron chi connectivity index (χ2n) is 8.32. The van der Waals surface area contributed by atoms with Crippen LogP contribution in [0.4, 0.5) is 10.5 Å². The predicted molar refractivity (Wildman–Crippen MR) is 119 cm³/mol. The topological polar surface area (TPSA) is 144 Å². The molecule has 0 saturated carbocycles. The number of amides is 3. The molecule has 0 spiro atoms. The van der Waals surface area contributed by atoms with Gasteiger partial charge in [-0.05, 0) is 57.4 Å². The van der Waals surface area contributed by atoms with Crippen molar-refractivity contribution in [2.24, 2.45) is 16.8 Å². The first kappa shape index (κ1) is 25.7. The molecule has 0 aliphatic rings. The number of anilines is 1. The Kier molecular flexibility index (Phi) is 9.78. The van der Waals surface area contributed by atoms with Crippen LogP contribution in [0.3, 0.4) is 0 Å². The third kappa shape index (κ3) is 10.3. The highest BCUT2D eigenvalue weighted by Crippen LogP contribution is 2.11. The number of rotatable bonds is 9. The van der Waals surface area contributed by atoms with E-state index < -0.39 is 23.6 Å². The molecule has 1 atom stereocenters. The highest BCUT2D eigenvalue weighted by molar-refractivity contribution is 5.96. The van der Waals surface area contributed by atoms with Crippen molar-refractivity contribution >= 4 is 29.4 Å². The molecular formula is C21H33N5O5. The molecular weight excluding hydrogens is 402 g/mol. The molecule has 1 rings (SSSR count). The van der Waals surface area contributed by atoms with E-state index in [0.717, 1.165) is 0 Å². The SMILES string of the molecule is CNC(=O)c1ccc(NC(=O)CO/N=C(/N)C(CC(C)C)NC(=O)OC(C)(C)C)cc1. The summed E-state index contributed by atoms with van der Waals surface area (Å²) in [5.74, 6) is -0.427. The van der Waals surface area contributed by atoms with Crippen LogP contribution in [0.25, 0.3) is 0 Å². The summed E-state index contributed by atoms with van der Waals surface area (Å²) in [6, 6.07) is 5.77. The Morgan fingerprint density at radius 1 is 1.13 bits per heavy atom. The lowest BCUT2D eigenvalue weighted by atomic mass is 10.0. The molecule has 31 heavy (non-hydrogen) atoms. The molecule has 0 radical (unpaired) electrons. The van der Waals surface area contributed by atoms with Crippen LogP contribution in [0.2, 0.25) is 0 Å². The Labute approximate surface area is 182 Å². The van der Waals surface area contributed by atoms with E-state index in [1.54, 1.807) is 45.0 Å². The molecule has 1 unspecified atom stereocenters. The Balaban J connectivity index is 2.62. The standard InChI is InChI=1S/C21H33N5O5/c1-13(2)11-16(25-20(29)31-21(3,4)5)18(22)26-30-12-17(27)24-15-9-7-14(8-10-15)19(28)23-6/h7-10,13,16H,11-12H2,1-6H3,(H2,22,26)(H,23,28)(H,24,27)(H,25,29). The zero-order valence-corrected chi connectivity index (χ0v) is 18.9. The molecule has 1 aromatic rings. The number of carbonyl (C=O) groups excluding carboxylic acids is 3. The van der Waals surface area contributed by atoms with Crippen molar-refractivity contribution in [3.05, 3.63) is 29.8 Å². The van der Waals surface area contributed by atoms with Gasteiger partial charge in [-0.25, -0.2) is 4.79 Å². The summed E-state index contributed by atoms with van der Waals surface area (Å²) in [7, 11) is 1.54. The van der Waals surface area contributed by atoms with Crippen LogP contribution in [-0.4, -0.2) is 49.0 Å². The maximum atomic E-state index is 12.1. The molecule has 10 nitrogen and oxygen atoms in total. The minimum atomic E-state index is -0.647. The van der Waals surface area contributed by atoms with Crippen molar-refractivity contribution in [2.75, 3.05) is 19.0 Å². The summed E-state index contributed by atoms with van der Waals surface area (Å²) in [6.07, 6.45) is -0.101. The third-order valence-electron chi connectivity index (χ3n) is 3.78. The van der Waals surface area contributed by atoms with Crippen LogP contribution in [0.15, 0.2) is 29.4 Å². The number of nitrogens with two attached hydrogens (primary N) is 1. The smallest absolute Gasteiger partial charge is 0.408 e. The summed E-state index contributed by atoms with van der Waals surface area (Å²) < 4.78 is 5.25. The minimum Gasteiger partial charge on any atom is -0.444 e. The van der Waals surface area contributed by atoms with Crippen LogP contribution in [-0.2, 0) is 14.4 Å². The van der Waals surface area contributed by atoms with E-state index in [9.17, 15) is 14.4 Å². The first-order valence-electron chi connectivity index (χ1n) is 9.98. The van der Waals surface area contributed by atoms with Crippen molar-refractivity contribution in [3.63, 3.8) is 0 Å². The molecule has 0 saturated heterocycles. The van der Waals surface area contributed by atoms with Crippen LogP contribution in [0, 0.1) is 5.92 Å². The zero-order valence-electron chi connectivity index (χ0n) is 18.9. The van der Waals surface area contributed by atoms with Gasteiger partial charge < -0.3 is 31.3 Å². The summed E-state index contributed by atoms with van der Waals surface area (Å²) in [4.78, 5) is 40.7. The molecule has 10 heteroatoms. The van der Waals surface area contributed by atoms with Gasteiger partial charge in [0.15, 0.2) is 12.4 Å². The number of nitrogens with zero attached hydrogens (tertiary/aromatic N) is 1. The fourth-order valence-electron chi connectivity index (χ4n) is 2.45. The van der Waals surface area contributed by atoms with Crippen LogP contribution in [0.1, 0.15) is 51.4 Å². The molecule has 0 aliphatic carbocycles. The number of amidine groups is 1. The van der Waals surface area contributed by atoms with E-state index >= 15 is 0 Å². The normalized spacial score (nSPS) is 12.7. The van der Waals surface area contributed by atoms with Crippen molar-refractivity contribution in [1.82, 2.24) is 10.6 Å². The fourth-order valence-corrected chi connectivity index (χ4v) is 2.45. The molecule has 0 aliphatic heterocycles. The van der Waals surface area contributed by atoms with Gasteiger partial charge in [-0.15, -0.1) is 0 Å². The number of oxime groups is 1. The first-order valence-corrected chi connectivity index (χ1v) is 9.98. The molecule has 0 aromatic heterocycles. The minimum absolute atomic E-state index is 0.0299. The zero-order chi connectivity index (χ0) is 23.6. The van der Waals surface area contributed by atoms with E-state index in [-0.39, 0.29) is 24.3 Å². The van der Waals surface area contributed by atoms with Crippen LogP contribution in [0.5, 0.6) is 0 Å². The molecule has 172 valence electrons. The number of ether oxygens (including phenoxy) is 1. The molecule has 0 fully saturated rings. The van der Waals surface area contributed by atoms with E-state index in [4.69, 9.17) is 15.3 Å². The van der Waals surface area contributed by atoms with Gasteiger partial charge >= 0.3 is 6.09 Å². The molecule has 5 N–H and O–H groups in total. The van der Waals surface area contributed by atoms with Gasteiger partial charge in [0, 0.05) is 18.3 Å². The second kappa shape index (κ2) is 11.8. The largest absolute Gasteiger partial charge is 0.444 e. The van der Waals surface area contributed by atoms with E-state index in [2.05, 4.69) is 21.1 Å². The van der Waals surface area contributed by atoms with Gasteiger partial charge in [0.2, 0.25) is 0 Å². The third-order valence-corrected chi connectivity index (χ3v) is 3.78. The van der Waals surface area contributed by atoms with Crippen molar-refractivity contribution in [3.8, 4) is 0 Å². The lowest BCUT2D eigenvalue weighted by Gasteiger charge is -2.24. The van der Waals surface area contributed by atoms with Gasteiger partial charge in [-0.3, -0.25) is 9.59 Å². The number of benzene rings is 1. The summed E-state index contributed by atoms with van der Waals surface area (Å²) in [5, 5.41) is 11.6. The summed E-state index contributed by atoms with van der Waals surface area (Å²) >= 11 is 0. The maximum absolute atomic E-state index is 12.1. The fraction of sp³-hybridized carbons (Fsp3) is 0.524. The number of carbonyl (C=O) groups is 3. The Morgan fingerprint density at radius 3 is 2.26 bits per heavy atom. The molecule has 0 bridgehead atoms. The Hall–Kier alpha value is -3.30. The summed E-state index contributed by atoms with van der Waals surface area (Å²) in [6.45, 7) is 8.85. The van der Waals surface area contributed by atoms with E-state index in [1.165, 1.54) is 7.05 Å². The van der Waals surface area contributed by atoms with Gasteiger partial charge in [0.1, 0.15) is 5.60 Å². The van der Waals surface area contributed by atoms with Gasteiger partial charge in [0.05, 0.1) is 6.04 Å². The Bertz CT molecular complexity index is 784. The first-order chi connectivity index (χ1) is 14.4. The van der Waals surface area contributed by atoms with Crippen molar-refractivity contribution in [1.29, 1.82) is 0 Å². The number of nitrogens with one attached hydrogen (secondary N) is 3. The number of alkyl carbamates (subject to hydrolysis) is 1. The molecule has 1 aromatic carbocycles. The monoisotopic (exact) mass is 435 g/mol. The second-order valence-corrected chi connectivity index (χ2v) is 8.32. The highest BCUT2D eigenvalue weighted by Gasteiger charge is 2.23. The maximum Gasteiger partial charge on any atom is 0.408 e. The highest BCUT2D eigenvalue weighted by atomic mass is 16.6. The van der Waals surface area contributed by atoms with Crippen LogP contribution >= 0.6 is 0 Å². The number of hydrogen-bond donors (Lipinski definition) is 4. The van der Waals surface area contributed by atoms with E-state index in [0.29, 0.717) is 17.7 Å². The average Bonchev–Trinajstić information content (AvgIpc) is 2.65. The summed E-state index contributed by atoms with van der Waals surface area (Å²) in [5.41, 5.74) is 6.29. The van der Waals surface area contributed by atoms with Gasteiger partial charge in [-0.1, -0.05) is 19.0 Å². The lowest BCUT2D eigenvalue weighted by molar-refractivity contribution is -0.120. The van der Waals surface area contributed by atoms with Crippen molar-refractivity contribution in [2.45, 2.75) is 52.7 Å². The van der Waals surface area contributed by atoms with Crippen molar-refractivity contribution < 1.29 is 24.0 Å². The molecule has 3 amide bonds. The predicted octanol–water partition coefficient (Wildman–Crippen LogP) is 2.21. The van der Waals surface area contributed by atoms with E-state index in [1.807, 2.05) is 13.8 Å². The average molecular weight is 436 g/mol. The number of hydrogen-bond acceptors (Lipinski definition) is 6. The van der Waals surface area contributed by atoms with Crippen LogP contribution < -0.4 is 21.7 Å². The van der Waals surface area contributed by atoms with Gasteiger partial charge in [-0.2, -0.15) is 0 Å². The van der Waals surface area contributed by atoms with Gasteiger partial charge in [0.25, 0.3) is 11.8 Å². The quantitative estimate of drug-likeness (QED) is 0.266. The molecule has 0 heterocycles. The Morgan fingerprint density at radius 2 is 1.74 bits per heavy atom. The lowest BCUT2D eigenvalue weighted by Crippen LogP contribution is -2.47.